The van der Waals surface area contributed by atoms with E-state index in [0.29, 0.717) is 23.0 Å². The number of halogens is 1. The maximum Gasteiger partial charge on any atom is 0.230 e. The highest BCUT2D eigenvalue weighted by atomic mass is 79.9. The molecule has 140 valence electrons. The van der Waals surface area contributed by atoms with E-state index < -0.39 is 0 Å². The smallest absolute Gasteiger partial charge is 0.230 e. The average molecular weight is 455 g/mol. The Morgan fingerprint density at radius 1 is 1.18 bits per heavy atom. The van der Waals surface area contributed by atoms with Crippen molar-refractivity contribution in [2.24, 2.45) is 0 Å². The lowest BCUT2D eigenvalue weighted by Crippen LogP contribution is -2.15. The van der Waals surface area contributed by atoms with Gasteiger partial charge in [0.1, 0.15) is 5.01 Å². The van der Waals surface area contributed by atoms with Gasteiger partial charge in [0.15, 0.2) is 0 Å². The first-order valence-corrected chi connectivity index (χ1v) is 10.2. The second kappa shape index (κ2) is 8.04. The standard InChI is InChI=1S/C20H15BrN4O2S/c1-12-22-19(25-27-12)16-7-2-3-8-17(16)24-18(26)10-15-11-28-20(23-15)13-5-4-6-14(21)9-13/h2-9,11H,10H2,1H3,(H,24,26). The summed E-state index contributed by atoms with van der Waals surface area (Å²) >= 11 is 4.98. The first kappa shape index (κ1) is 18.5. The van der Waals surface area contributed by atoms with Crippen molar-refractivity contribution in [1.29, 1.82) is 0 Å². The lowest BCUT2D eigenvalue weighted by Gasteiger charge is -2.07. The highest BCUT2D eigenvalue weighted by Crippen LogP contribution is 2.27. The number of amides is 1. The van der Waals surface area contributed by atoms with Gasteiger partial charge in [-0.2, -0.15) is 4.98 Å². The Hall–Kier alpha value is -2.84. The highest BCUT2D eigenvalue weighted by molar-refractivity contribution is 9.10. The first-order chi connectivity index (χ1) is 13.6. The molecule has 0 spiro atoms. The average Bonchev–Trinajstić information content (AvgIpc) is 3.31. The zero-order valence-electron chi connectivity index (χ0n) is 14.8. The van der Waals surface area contributed by atoms with Crippen molar-refractivity contribution in [3.05, 3.63) is 70.0 Å². The van der Waals surface area contributed by atoms with Crippen LogP contribution < -0.4 is 5.32 Å². The van der Waals surface area contributed by atoms with Gasteiger partial charge in [-0.25, -0.2) is 4.98 Å². The van der Waals surface area contributed by atoms with Crippen LogP contribution in [0.15, 0.2) is 62.9 Å². The van der Waals surface area contributed by atoms with Crippen molar-refractivity contribution < 1.29 is 9.32 Å². The van der Waals surface area contributed by atoms with Crippen LogP contribution in [-0.4, -0.2) is 21.0 Å². The molecule has 0 fully saturated rings. The molecule has 2 aromatic heterocycles. The van der Waals surface area contributed by atoms with Gasteiger partial charge in [-0.1, -0.05) is 45.4 Å². The van der Waals surface area contributed by atoms with Gasteiger partial charge in [0.2, 0.25) is 17.6 Å². The number of hydrogen-bond acceptors (Lipinski definition) is 6. The second-order valence-corrected chi connectivity index (χ2v) is 7.84. The predicted octanol–water partition coefficient (Wildman–Crippen LogP) is 5.11. The Bertz CT molecular complexity index is 1140. The molecule has 0 aliphatic heterocycles. The summed E-state index contributed by atoms with van der Waals surface area (Å²) in [5.74, 6) is 0.761. The van der Waals surface area contributed by atoms with Crippen molar-refractivity contribution in [3.8, 4) is 22.0 Å². The van der Waals surface area contributed by atoms with E-state index in [1.165, 1.54) is 11.3 Å². The number of carbonyl (C=O) groups excluding carboxylic acids is 1. The zero-order valence-corrected chi connectivity index (χ0v) is 17.3. The monoisotopic (exact) mass is 454 g/mol. The number of aryl methyl sites for hydroxylation is 1. The van der Waals surface area contributed by atoms with Crippen LogP contribution in [0, 0.1) is 6.92 Å². The predicted molar refractivity (Wildman–Crippen MR) is 112 cm³/mol. The lowest BCUT2D eigenvalue weighted by molar-refractivity contribution is -0.115. The van der Waals surface area contributed by atoms with Crippen molar-refractivity contribution in [2.45, 2.75) is 13.3 Å². The minimum Gasteiger partial charge on any atom is -0.339 e. The fraction of sp³-hybridized carbons (Fsp3) is 0.100. The maximum atomic E-state index is 12.6. The molecular formula is C20H15BrN4O2S. The maximum absolute atomic E-state index is 12.6. The number of hydrogen-bond donors (Lipinski definition) is 1. The van der Waals surface area contributed by atoms with E-state index in [-0.39, 0.29) is 12.3 Å². The Morgan fingerprint density at radius 2 is 2.04 bits per heavy atom. The summed E-state index contributed by atoms with van der Waals surface area (Å²) in [5, 5.41) is 9.64. The second-order valence-electron chi connectivity index (χ2n) is 6.06. The normalized spacial score (nSPS) is 10.8. The van der Waals surface area contributed by atoms with Crippen LogP contribution in [0.5, 0.6) is 0 Å². The van der Waals surface area contributed by atoms with E-state index in [4.69, 9.17) is 4.52 Å². The quantitative estimate of drug-likeness (QED) is 0.452. The van der Waals surface area contributed by atoms with E-state index in [1.807, 2.05) is 53.9 Å². The largest absolute Gasteiger partial charge is 0.339 e. The van der Waals surface area contributed by atoms with Crippen molar-refractivity contribution in [1.82, 2.24) is 15.1 Å². The van der Waals surface area contributed by atoms with Gasteiger partial charge >= 0.3 is 0 Å². The summed E-state index contributed by atoms with van der Waals surface area (Å²) in [6, 6.07) is 15.3. The van der Waals surface area contributed by atoms with Gasteiger partial charge in [-0.3, -0.25) is 4.79 Å². The number of para-hydroxylation sites is 1. The summed E-state index contributed by atoms with van der Waals surface area (Å²) in [4.78, 5) is 21.4. The molecule has 0 saturated heterocycles. The third-order valence-electron chi connectivity index (χ3n) is 3.93. The molecule has 1 N–H and O–H groups in total. The molecule has 2 heterocycles. The zero-order chi connectivity index (χ0) is 19.5. The number of rotatable bonds is 5. The highest BCUT2D eigenvalue weighted by Gasteiger charge is 2.14. The van der Waals surface area contributed by atoms with Crippen LogP contribution in [0.1, 0.15) is 11.6 Å². The SMILES string of the molecule is Cc1nc(-c2ccccc2NC(=O)Cc2csc(-c3cccc(Br)c3)n2)no1. The van der Waals surface area contributed by atoms with Crippen LogP contribution in [0.2, 0.25) is 0 Å². The van der Waals surface area contributed by atoms with Gasteiger partial charge in [0, 0.05) is 27.9 Å². The number of nitrogens with zero attached hydrogens (tertiary/aromatic N) is 3. The molecule has 6 nitrogen and oxygen atoms in total. The third-order valence-corrected chi connectivity index (χ3v) is 5.37. The van der Waals surface area contributed by atoms with E-state index in [0.717, 1.165) is 20.7 Å². The summed E-state index contributed by atoms with van der Waals surface area (Å²) in [6.45, 7) is 1.72. The van der Waals surface area contributed by atoms with Gasteiger partial charge in [-0.05, 0) is 24.3 Å². The van der Waals surface area contributed by atoms with Gasteiger partial charge in [0.05, 0.1) is 17.8 Å². The number of benzene rings is 2. The fourth-order valence-corrected chi connectivity index (χ4v) is 3.91. The van der Waals surface area contributed by atoms with Crippen molar-refractivity contribution >= 4 is 38.9 Å². The van der Waals surface area contributed by atoms with Gasteiger partial charge < -0.3 is 9.84 Å². The molecule has 0 aliphatic carbocycles. The van der Waals surface area contributed by atoms with Crippen LogP contribution in [0.3, 0.4) is 0 Å². The van der Waals surface area contributed by atoms with Crippen LogP contribution in [0.25, 0.3) is 22.0 Å². The molecule has 0 saturated carbocycles. The Morgan fingerprint density at radius 3 is 2.82 bits per heavy atom. The number of thiazole rings is 1. The summed E-state index contributed by atoms with van der Waals surface area (Å²) in [7, 11) is 0. The molecular weight excluding hydrogens is 440 g/mol. The van der Waals surface area contributed by atoms with E-state index in [2.05, 4.69) is 36.4 Å². The number of nitrogens with one attached hydrogen (secondary N) is 1. The Labute approximate surface area is 173 Å². The minimum absolute atomic E-state index is 0.154. The van der Waals surface area contributed by atoms with Crippen molar-refractivity contribution in [2.75, 3.05) is 5.32 Å². The number of anilines is 1. The topological polar surface area (TPSA) is 80.9 Å². The van der Waals surface area contributed by atoms with Gasteiger partial charge in [0.25, 0.3) is 0 Å². The molecule has 0 radical (unpaired) electrons. The Balaban J connectivity index is 1.49. The minimum atomic E-state index is -0.154. The third kappa shape index (κ3) is 4.18. The molecule has 4 rings (SSSR count). The van der Waals surface area contributed by atoms with Gasteiger partial charge in [-0.15, -0.1) is 11.3 Å². The van der Waals surface area contributed by atoms with E-state index >= 15 is 0 Å². The van der Waals surface area contributed by atoms with E-state index in [1.54, 1.807) is 6.92 Å². The molecule has 2 aromatic carbocycles. The van der Waals surface area contributed by atoms with Crippen LogP contribution in [0.4, 0.5) is 5.69 Å². The van der Waals surface area contributed by atoms with Crippen LogP contribution in [-0.2, 0) is 11.2 Å². The molecule has 4 aromatic rings. The Kier molecular flexibility index (Phi) is 5.31. The van der Waals surface area contributed by atoms with Crippen molar-refractivity contribution in [3.63, 3.8) is 0 Å². The molecule has 0 aliphatic rings. The molecule has 0 unspecified atom stereocenters. The molecule has 0 atom stereocenters. The molecule has 28 heavy (non-hydrogen) atoms. The summed E-state index contributed by atoms with van der Waals surface area (Å²) < 4.78 is 6.04. The molecule has 0 bridgehead atoms. The van der Waals surface area contributed by atoms with E-state index in [9.17, 15) is 4.79 Å². The molecule has 1 amide bonds. The fourth-order valence-electron chi connectivity index (χ4n) is 2.70. The number of carbonyl (C=O) groups is 1. The first-order valence-electron chi connectivity index (χ1n) is 8.48. The number of aromatic nitrogens is 3. The summed E-state index contributed by atoms with van der Waals surface area (Å²) in [6.07, 6.45) is 0.185. The summed E-state index contributed by atoms with van der Waals surface area (Å²) in [5.41, 5.74) is 3.09. The van der Waals surface area contributed by atoms with Crippen LogP contribution >= 0.6 is 27.3 Å². The lowest BCUT2D eigenvalue weighted by atomic mass is 10.1. The molecule has 8 heteroatoms.